The summed E-state index contributed by atoms with van der Waals surface area (Å²) in [6, 6.07) is 11.7. The number of benzene rings is 1. The van der Waals surface area contributed by atoms with Crippen molar-refractivity contribution >= 4 is 34.1 Å². The largest absolute Gasteiger partial charge is 0.494 e. The van der Waals surface area contributed by atoms with E-state index in [-0.39, 0.29) is 5.91 Å². The van der Waals surface area contributed by atoms with Gasteiger partial charge in [-0.25, -0.2) is 0 Å². The lowest BCUT2D eigenvalue weighted by atomic mass is 10.0. The molecule has 0 aliphatic carbocycles. The van der Waals surface area contributed by atoms with E-state index >= 15 is 0 Å². The van der Waals surface area contributed by atoms with Gasteiger partial charge in [-0.05, 0) is 69.2 Å². The molecule has 0 bridgehead atoms. The minimum atomic E-state index is -0.737. The van der Waals surface area contributed by atoms with Gasteiger partial charge in [-0.2, -0.15) is 5.26 Å². The Morgan fingerprint density at radius 1 is 1.35 bits per heavy atom. The fourth-order valence-corrected chi connectivity index (χ4v) is 4.09. The second-order valence-electron chi connectivity index (χ2n) is 7.69. The van der Waals surface area contributed by atoms with Gasteiger partial charge in [-0.15, -0.1) is 0 Å². The smallest absolute Gasteiger partial charge is 0.258 e. The predicted octanol–water partition coefficient (Wildman–Crippen LogP) is 4.59. The van der Waals surface area contributed by atoms with Crippen molar-refractivity contribution in [1.29, 1.82) is 5.26 Å². The number of fused-ring (bicyclic) bond motifs is 1. The van der Waals surface area contributed by atoms with Crippen molar-refractivity contribution in [2.24, 2.45) is 0 Å². The molecule has 1 fully saturated rings. The van der Waals surface area contributed by atoms with Gasteiger partial charge in [-0.1, -0.05) is 19.1 Å². The molecule has 0 spiro atoms. The fraction of sp³-hybridized carbons (Fsp3) is 0.333. The third-order valence-corrected chi connectivity index (χ3v) is 5.70. The standard InChI is InChI=1S/C24H26N4O2S/c1-4-19(10-5-6-13-25)28-22(29)24(2,3)27(23(28)31)15-8-16-30-20-11-12-21-18(17-20)9-7-14-26-21/h5-7,9-12,14,17H,4,8,15-16H2,1-3H3/b6-5+,19-10+. The Morgan fingerprint density at radius 3 is 2.90 bits per heavy atom. The molecule has 2 aromatic rings. The maximum Gasteiger partial charge on any atom is 0.258 e. The van der Waals surface area contributed by atoms with Crippen molar-refractivity contribution < 1.29 is 9.53 Å². The number of rotatable bonds is 8. The number of carbonyl (C=O) groups is 1. The van der Waals surface area contributed by atoms with Crippen molar-refractivity contribution in [3.8, 4) is 11.8 Å². The van der Waals surface area contributed by atoms with E-state index in [1.807, 2.05) is 62.1 Å². The maximum atomic E-state index is 13.1. The van der Waals surface area contributed by atoms with Crippen LogP contribution in [0.1, 0.15) is 33.6 Å². The van der Waals surface area contributed by atoms with Gasteiger partial charge < -0.3 is 9.64 Å². The maximum absolute atomic E-state index is 13.1. The Balaban J connectivity index is 1.64. The van der Waals surface area contributed by atoms with Crippen LogP contribution < -0.4 is 4.74 Å². The summed E-state index contributed by atoms with van der Waals surface area (Å²) in [5, 5.41) is 10.2. The highest BCUT2D eigenvalue weighted by atomic mass is 32.1. The van der Waals surface area contributed by atoms with Crippen molar-refractivity contribution in [2.75, 3.05) is 13.2 Å². The lowest BCUT2D eigenvalue weighted by Gasteiger charge is -2.29. The zero-order chi connectivity index (χ0) is 22.4. The van der Waals surface area contributed by atoms with Crippen LogP contribution in [0.25, 0.3) is 10.9 Å². The Bertz CT molecular complexity index is 1080. The number of nitrogens with zero attached hydrogens (tertiary/aromatic N) is 4. The summed E-state index contributed by atoms with van der Waals surface area (Å²) in [5.74, 6) is 0.737. The lowest BCUT2D eigenvalue weighted by Crippen LogP contribution is -2.44. The molecule has 160 valence electrons. The summed E-state index contributed by atoms with van der Waals surface area (Å²) in [4.78, 5) is 21.0. The van der Waals surface area contributed by atoms with E-state index < -0.39 is 5.54 Å². The third kappa shape index (κ3) is 4.75. The van der Waals surface area contributed by atoms with Crippen LogP contribution in [0.5, 0.6) is 5.75 Å². The van der Waals surface area contributed by atoms with Crippen molar-refractivity contribution in [1.82, 2.24) is 14.8 Å². The predicted molar refractivity (Wildman–Crippen MR) is 125 cm³/mol. The Hall–Kier alpha value is -3.24. The highest BCUT2D eigenvalue weighted by molar-refractivity contribution is 7.80. The van der Waals surface area contributed by atoms with E-state index in [1.165, 1.54) is 6.08 Å². The average Bonchev–Trinajstić information content (AvgIpc) is 2.93. The third-order valence-electron chi connectivity index (χ3n) is 5.30. The van der Waals surface area contributed by atoms with Crippen LogP contribution in [0.15, 0.2) is 60.5 Å². The average molecular weight is 435 g/mol. The molecule has 1 amide bonds. The number of ether oxygens (including phenoxy) is 1. The van der Waals surface area contributed by atoms with E-state index in [1.54, 1.807) is 23.2 Å². The van der Waals surface area contributed by atoms with Crippen LogP contribution in [0, 0.1) is 11.3 Å². The van der Waals surface area contributed by atoms with Gasteiger partial charge in [0.05, 0.1) is 18.2 Å². The second kappa shape index (κ2) is 9.71. The second-order valence-corrected chi connectivity index (χ2v) is 8.06. The number of hydrogen-bond donors (Lipinski definition) is 0. The highest BCUT2D eigenvalue weighted by Crippen LogP contribution is 2.32. The van der Waals surface area contributed by atoms with Gasteiger partial charge in [-0.3, -0.25) is 14.7 Å². The van der Waals surface area contributed by atoms with Crippen LogP contribution in [0.3, 0.4) is 0 Å². The zero-order valence-corrected chi connectivity index (χ0v) is 18.9. The van der Waals surface area contributed by atoms with E-state index in [0.29, 0.717) is 24.7 Å². The molecule has 3 rings (SSSR count). The van der Waals surface area contributed by atoms with Crippen molar-refractivity contribution in [3.63, 3.8) is 0 Å². The molecule has 1 aliphatic heterocycles. The Kier molecular flexibility index (Phi) is 7.03. The number of allylic oxidation sites excluding steroid dienone is 4. The van der Waals surface area contributed by atoms with Crippen LogP contribution in [-0.4, -0.2) is 44.5 Å². The fourth-order valence-electron chi connectivity index (χ4n) is 3.57. The number of thiocarbonyl (C=S) groups is 1. The Morgan fingerprint density at radius 2 is 2.16 bits per heavy atom. The molecule has 7 heteroatoms. The molecule has 31 heavy (non-hydrogen) atoms. The van der Waals surface area contributed by atoms with Crippen LogP contribution in [0.2, 0.25) is 0 Å². The van der Waals surface area contributed by atoms with Gasteiger partial charge in [0.25, 0.3) is 5.91 Å². The van der Waals surface area contributed by atoms with E-state index in [0.717, 1.165) is 28.8 Å². The topological polar surface area (TPSA) is 69.5 Å². The quantitative estimate of drug-likeness (QED) is 0.262. The van der Waals surface area contributed by atoms with E-state index in [4.69, 9.17) is 22.2 Å². The molecule has 0 atom stereocenters. The molecular formula is C24H26N4O2S. The molecule has 1 saturated heterocycles. The Labute approximate surface area is 188 Å². The summed E-state index contributed by atoms with van der Waals surface area (Å²) in [6.07, 6.45) is 7.90. The number of pyridine rings is 1. The molecule has 1 aliphatic rings. The van der Waals surface area contributed by atoms with Gasteiger partial charge in [0.15, 0.2) is 5.11 Å². The van der Waals surface area contributed by atoms with Gasteiger partial charge in [0, 0.05) is 29.9 Å². The monoisotopic (exact) mass is 434 g/mol. The normalized spacial score (nSPS) is 16.4. The number of carbonyl (C=O) groups excluding carboxylic acids is 1. The van der Waals surface area contributed by atoms with Gasteiger partial charge >= 0.3 is 0 Å². The zero-order valence-electron chi connectivity index (χ0n) is 18.0. The summed E-state index contributed by atoms with van der Waals surface area (Å²) >= 11 is 5.66. The molecule has 0 radical (unpaired) electrons. The number of nitriles is 1. The minimum absolute atomic E-state index is 0.0566. The molecule has 2 heterocycles. The highest BCUT2D eigenvalue weighted by Gasteiger charge is 2.49. The summed E-state index contributed by atoms with van der Waals surface area (Å²) < 4.78 is 5.92. The van der Waals surface area contributed by atoms with Crippen LogP contribution in [0.4, 0.5) is 0 Å². The molecule has 0 N–H and O–H groups in total. The van der Waals surface area contributed by atoms with Crippen molar-refractivity contribution in [3.05, 3.63) is 60.5 Å². The molecule has 0 saturated carbocycles. The van der Waals surface area contributed by atoms with Crippen LogP contribution >= 0.6 is 12.2 Å². The first kappa shape index (κ1) is 22.4. The first-order valence-corrected chi connectivity index (χ1v) is 10.7. The lowest BCUT2D eigenvalue weighted by molar-refractivity contribution is -0.130. The summed E-state index contributed by atoms with van der Waals surface area (Å²) in [6.45, 7) is 6.85. The SMILES string of the molecule is CC/C(=C\C=C\C#N)N1C(=O)C(C)(C)N(CCCOc2ccc3ncccc3c2)C1=S. The summed E-state index contributed by atoms with van der Waals surface area (Å²) in [5.41, 5.74) is 0.971. The van der Waals surface area contributed by atoms with E-state index in [2.05, 4.69) is 4.98 Å². The molecule has 0 unspecified atom stereocenters. The molecule has 1 aromatic carbocycles. The van der Waals surface area contributed by atoms with Crippen molar-refractivity contribution in [2.45, 2.75) is 39.2 Å². The first-order chi connectivity index (χ1) is 14.9. The molecular weight excluding hydrogens is 408 g/mol. The van der Waals surface area contributed by atoms with Gasteiger partial charge in [0.2, 0.25) is 0 Å². The molecule has 1 aromatic heterocycles. The molecule has 6 nitrogen and oxygen atoms in total. The number of amides is 1. The number of hydrogen-bond acceptors (Lipinski definition) is 5. The first-order valence-electron chi connectivity index (χ1n) is 10.3. The number of aromatic nitrogens is 1. The van der Waals surface area contributed by atoms with Crippen LogP contribution in [-0.2, 0) is 4.79 Å². The summed E-state index contributed by atoms with van der Waals surface area (Å²) in [7, 11) is 0. The van der Waals surface area contributed by atoms with E-state index in [9.17, 15) is 4.79 Å². The van der Waals surface area contributed by atoms with Gasteiger partial charge in [0.1, 0.15) is 11.3 Å². The minimum Gasteiger partial charge on any atom is -0.494 e.